The molecule has 3 rings (SSSR count). The zero-order valence-electron chi connectivity index (χ0n) is 8.85. The second-order valence-electron chi connectivity index (χ2n) is 4.10. The second-order valence-corrected chi connectivity index (χ2v) is 5.51. The van der Waals surface area contributed by atoms with E-state index in [9.17, 15) is 4.79 Å². The van der Waals surface area contributed by atoms with E-state index in [0.717, 1.165) is 12.2 Å². The third-order valence-electron chi connectivity index (χ3n) is 2.85. The Morgan fingerprint density at radius 1 is 1.62 bits per heavy atom. The molecule has 1 aliphatic rings. The van der Waals surface area contributed by atoms with Crippen LogP contribution < -0.4 is 5.43 Å². The average Bonchev–Trinajstić information content (AvgIpc) is 2.86. The van der Waals surface area contributed by atoms with E-state index in [1.54, 1.807) is 22.8 Å². The Balaban J connectivity index is 1.89. The number of thioether (sulfide) groups is 1. The zero-order valence-corrected chi connectivity index (χ0v) is 9.67. The van der Waals surface area contributed by atoms with Crippen LogP contribution in [0.25, 0.3) is 5.65 Å². The summed E-state index contributed by atoms with van der Waals surface area (Å²) in [5, 5.41) is 3.89. The van der Waals surface area contributed by atoms with Crippen molar-refractivity contribution < 1.29 is 0 Å². The average molecular weight is 235 g/mol. The summed E-state index contributed by atoms with van der Waals surface area (Å²) < 4.78 is 1.80. The quantitative estimate of drug-likeness (QED) is 0.857. The molecule has 1 atom stereocenters. The maximum absolute atomic E-state index is 11.2. The van der Waals surface area contributed by atoms with Crippen LogP contribution in [-0.4, -0.2) is 25.6 Å². The molecule has 1 aliphatic heterocycles. The molecule has 0 amide bonds. The standard InChI is InChI=1S/C11H13N3OS/c15-8-3-4-14-11(6-8)12-10(13-14)7-9-2-1-5-16-9/h3-4,6,9H,1-2,5,7H2,(H,12,13). The third-order valence-corrected chi connectivity index (χ3v) is 4.25. The molecule has 0 bridgehead atoms. The number of pyridine rings is 1. The normalized spacial score (nSPS) is 20.6. The Morgan fingerprint density at radius 3 is 3.38 bits per heavy atom. The molecule has 0 saturated carbocycles. The van der Waals surface area contributed by atoms with Gasteiger partial charge < -0.3 is 0 Å². The van der Waals surface area contributed by atoms with Crippen molar-refractivity contribution in [3.8, 4) is 0 Å². The van der Waals surface area contributed by atoms with E-state index in [4.69, 9.17) is 0 Å². The van der Waals surface area contributed by atoms with Crippen LogP contribution in [0.1, 0.15) is 18.7 Å². The van der Waals surface area contributed by atoms with Gasteiger partial charge in [0.2, 0.25) is 0 Å². The van der Waals surface area contributed by atoms with E-state index < -0.39 is 0 Å². The summed E-state index contributed by atoms with van der Waals surface area (Å²) in [7, 11) is 0. The van der Waals surface area contributed by atoms with Gasteiger partial charge in [0.05, 0.1) is 0 Å². The SMILES string of the molecule is O=c1ccn2[nH]c(CC3CCCS3)nc2c1. The van der Waals surface area contributed by atoms with E-state index >= 15 is 0 Å². The maximum atomic E-state index is 11.2. The lowest BCUT2D eigenvalue weighted by molar-refractivity contribution is 0.742. The van der Waals surface area contributed by atoms with Gasteiger partial charge in [0.25, 0.3) is 0 Å². The van der Waals surface area contributed by atoms with Gasteiger partial charge in [0.1, 0.15) is 5.82 Å². The van der Waals surface area contributed by atoms with Gasteiger partial charge in [-0.1, -0.05) is 0 Å². The minimum absolute atomic E-state index is 0.00768. The van der Waals surface area contributed by atoms with Crippen LogP contribution in [0.15, 0.2) is 23.1 Å². The summed E-state index contributed by atoms with van der Waals surface area (Å²) in [6, 6.07) is 3.10. The molecule has 1 fully saturated rings. The molecule has 2 aromatic rings. The van der Waals surface area contributed by atoms with E-state index in [1.165, 1.54) is 18.6 Å². The van der Waals surface area contributed by atoms with E-state index in [2.05, 4.69) is 10.1 Å². The highest BCUT2D eigenvalue weighted by Gasteiger charge is 2.17. The Bertz CT molecular complexity index is 554. The topological polar surface area (TPSA) is 50.2 Å². The first-order valence-electron chi connectivity index (χ1n) is 5.50. The molecule has 3 heterocycles. The first-order valence-corrected chi connectivity index (χ1v) is 6.55. The Morgan fingerprint density at radius 2 is 2.56 bits per heavy atom. The zero-order chi connectivity index (χ0) is 11.0. The number of fused-ring (bicyclic) bond motifs is 1. The second kappa shape index (κ2) is 3.97. The summed E-state index contributed by atoms with van der Waals surface area (Å²) in [6.07, 6.45) is 5.29. The molecule has 5 heteroatoms. The first-order chi connectivity index (χ1) is 7.81. The molecule has 0 aliphatic carbocycles. The van der Waals surface area contributed by atoms with Crippen molar-refractivity contribution in [3.05, 3.63) is 34.4 Å². The summed E-state index contributed by atoms with van der Waals surface area (Å²) in [4.78, 5) is 15.6. The number of hydrogen-bond donors (Lipinski definition) is 1. The van der Waals surface area contributed by atoms with E-state index in [1.807, 2.05) is 11.8 Å². The molecule has 1 saturated heterocycles. The number of hydrogen-bond acceptors (Lipinski definition) is 3. The minimum Gasteiger partial charge on any atom is -0.290 e. The van der Waals surface area contributed by atoms with Gasteiger partial charge in [-0.05, 0) is 18.6 Å². The number of aromatic nitrogens is 3. The molecule has 84 valence electrons. The highest BCUT2D eigenvalue weighted by Crippen LogP contribution is 2.28. The van der Waals surface area contributed by atoms with E-state index in [0.29, 0.717) is 10.9 Å². The molecular weight excluding hydrogens is 222 g/mol. The van der Waals surface area contributed by atoms with Crippen LogP contribution in [0.4, 0.5) is 0 Å². The van der Waals surface area contributed by atoms with Crippen molar-refractivity contribution in [2.75, 3.05) is 5.75 Å². The predicted molar refractivity (Wildman–Crippen MR) is 65.0 cm³/mol. The van der Waals surface area contributed by atoms with Gasteiger partial charge >= 0.3 is 0 Å². The highest BCUT2D eigenvalue weighted by molar-refractivity contribution is 8.00. The summed E-state index contributed by atoms with van der Waals surface area (Å²) in [6.45, 7) is 0. The van der Waals surface area contributed by atoms with Crippen LogP contribution in [0.5, 0.6) is 0 Å². The molecule has 0 radical (unpaired) electrons. The summed E-state index contributed by atoms with van der Waals surface area (Å²) in [5.74, 6) is 2.24. The smallest absolute Gasteiger partial charge is 0.183 e. The van der Waals surface area contributed by atoms with Crippen LogP contribution in [0.2, 0.25) is 0 Å². The fourth-order valence-corrected chi connectivity index (χ4v) is 3.34. The summed E-state index contributed by atoms with van der Waals surface area (Å²) >= 11 is 2.02. The Kier molecular flexibility index (Phi) is 2.47. The van der Waals surface area contributed by atoms with Gasteiger partial charge in [0.15, 0.2) is 11.1 Å². The highest BCUT2D eigenvalue weighted by atomic mass is 32.2. The molecular formula is C11H13N3OS. The lowest BCUT2D eigenvalue weighted by Crippen LogP contribution is -2.03. The molecule has 0 aromatic carbocycles. The molecule has 0 spiro atoms. The largest absolute Gasteiger partial charge is 0.290 e. The summed E-state index contributed by atoms with van der Waals surface area (Å²) in [5.41, 5.74) is 0.721. The third kappa shape index (κ3) is 1.87. The lowest BCUT2D eigenvalue weighted by Gasteiger charge is -2.03. The molecule has 1 N–H and O–H groups in total. The number of aromatic amines is 1. The number of nitrogens with zero attached hydrogens (tertiary/aromatic N) is 2. The van der Waals surface area contributed by atoms with E-state index in [-0.39, 0.29) is 5.43 Å². The van der Waals surface area contributed by atoms with Gasteiger partial charge in [-0.2, -0.15) is 11.8 Å². The minimum atomic E-state index is 0.00768. The molecule has 16 heavy (non-hydrogen) atoms. The maximum Gasteiger partial charge on any atom is 0.183 e. The van der Waals surface area contributed by atoms with Crippen molar-refractivity contribution >= 4 is 17.4 Å². The molecule has 2 aromatic heterocycles. The van der Waals surface area contributed by atoms with Gasteiger partial charge in [0, 0.05) is 30.0 Å². The van der Waals surface area contributed by atoms with Gasteiger partial charge in [-0.15, -0.1) is 0 Å². The van der Waals surface area contributed by atoms with Crippen LogP contribution >= 0.6 is 11.8 Å². The molecule has 4 nitrogen and oxygen atoms in total. The lowest BCUT2D eigenvalue weighted by atomic mass is 10.2. The number of rotatable bonds is 2. The molecule has 1 unspecified atom stereocenters. The van der Waals surface area contributed by atoms with Crippen molar-refractivity contribution in [1.82, 2.24) is 14.6 Å². The van der Waals surface area contributed by atoms with Crippen molar-refractivity contribution in [2.45, 2.75) is 24.5 Å². The first kappa shape index (κ1) is 9.96. The van der Waals surface area contributed by atoms with Crippen molar-refractivity contribution in [3.63, 3.8) is 0 Å². The van der Waals surface area contributed by atoms with Gasteiger partial charge in [-0.3, -0.25) is 9.89 Å². The fraction of sp³-hybridized carbons (Fsp3) is 0.455. The van der Waals surface area contributed by atoms with Crippen molar-refractivity contribution in [1.29, 1.82) is 0 Å². The van der Waals surface area contributed by atoms with Gasteiger partial charge in [-0.25, -0.2) is 9.50 Å². The van der Waals surface area contributed by atoms with Crippen LogP contribution in [-0.2, 0) is 6.42 Å². The Hall–Kier alpha value is -1.23. The Labute approximate surface area is 97.1 Å². The fourth-order valence-electron chi connectivity index (χ4n) is 2.06. The monoisotopic (exact) mass is 235 g/mol. The van der Waals surface area contributed by atoms with Crippen LogP contribution in [0.3, 0.4) is 0 Å². The predicted octanol–water partition coefficient (Wildman–Crippen LogP) is 1.46. The number of H-pyrrole nitrogens is 1. The number of nitrogens with one attached hydrogen (secondary N) is 1. The van der Waals surface area contributed by atoms with Crippen molar-refractivity contribution in [2.24, 2.45) is 0 Å². The van der Waals surface area contributed by atoms with Crippen LogP contribution in [0, 0.1) is 0 Å².